The molecule has 0 aromatic heterocycles. The average Bonchev–Trinajstić information content (AvgIpc) is 1.50. The van der Waals surface area contributed by atoms with E-state index in [-0.39, 0.29) is 55.0 Å². The maximum Gasteiger partial charge on any atom is 0 e. The van der Waals surface area contributed by atoms with Gasteiger partial charge in [-0.25, -0.2) is 0 Å². The minimum atomic E-state index is 0. The van der Waals surface area contributed by atoms with Crippen LogP contribution < -0.4 is 0 Å². The van der Waals surface area contributed by atoms with Gasteiger partial charge in [-0.2, -0.15) is 0 Å². The minimum absolute atomic E-state index is 0. The Hall–Kier alpha value is 1.54. The summed E-state index contributed by atoms with van der Waals surface area (Å²) in [7, 11) is 0. The third-order valence-electron chi connectivity index (χ3n) is 0. The minimum Gasteiger partial charge on any atom is 0 e. The van der Waals surface area contributed by atoms with E-state index in [4.69, 9.17) is 15.6 Å². The van der Waals surface area contributed by atoms with Gasteiger partial charge in [0.05, 0.1) is 0 Å². The zero-order valence-electron chi connectivity index (χ0n) is 3.21. The van der Waals surface area contributed by atoms with Crippen LogP contribution in [0.1, 0.15) is 0 Å². The molecule has 0 bridgehead atoms. The molecule has 6 heteroatoms. The first-order chi connectivity index (χ1) is 2.00. The molecule has 0 N–H and O–H groups in total. The Labute approximate surface area is 86.0 Å². The summed E-state index contributed by atoms with van der Waals surface area (Å²) in [6.07, 6.45) is 0. The summed E-state index contributed by atoms with van der Waals surface area (Å²) in [6, 6.07) is 0. The Balaban J connectivity index is -0.00000000267. The third kappa shape index (κ3) is 97.8. The first kappa shape index (κ1) is 38.8. The Bertz CT molecular complexity index is 30.9. The monoisotopic (exact) mass is 235 g/mol. The fraction of sp³-hybridized carbons (Fsp3) is 0. The van der Waals surface area contributed by atoms with Crippen LogP contribution in [0.3, 0.4) is 0 Å². The molecule has 0 aliphatic heterocycles. The van der Waals surface area contributed by atoms with Crippen LogP contribution in [0.4, 0.5) is 0 Å². The zero-order valence-corrected chi connectivity index (χ0v) is 8.22. The van der Waals surface area contributed by atoms with E-state index in [0.717, 1.165) is 0 Å². The molecular weight excluding hydrogens is 234 g/mol. The summed E-state index contributed by atoms with van der Waals surface area (Å²) in [6.45, 7) is 4.75. The van der Waals surface area contributed by atoms with Crippen molar-refractivity contribution in [1.29, 1.82) is 5.26 Å². The van der Waals surface area contributed by atoms with E-state index in [2.05, 4.69) is 0 Å². The van der Waals surface area contributed by atoms with E-state index < -0.39 is 0 Å². The van der Waals surface area contributed by atoms with E-state index in [1.165, 1.54) is 0 Å². The standard InChI is InChI=1S/CN.Al.Co.Ni.O.Ti.H/c1-2;;;;;;/q-1;;;;;;. The van der Waals surface area contributed by atoms with Crippen LogP contribution in [-0.4, -0.2) is 16.2 Å². The number of hydrogen-bond acceptors (Lipinski definition) is 2. The van der Waals surface area contributed by atoms with Crippen LogP contribution in [0.25, 0.3) is 0 Å². The molecule has 0 aliphatic carbocycles. The van der Waals surface area contributed by atoms with Crippen molar-refractivity contribution in [1.82, 2.24) is 0 Å². The first-order valence-corrected chi connectivity index (χ1v) is 1.09. The molecule has 7 heavy (non-hydrogen) atoms. The summed E-state index contributed by atoms with van der Waals surface area (Å²) >= 11 is 0.611. The summed E-state index contributed by atoms with van der Waals surface area (Å²) in [5, 5.41) is 6.25. The van der Waals surface area contributed by atoms with Gasteiger partial charge >= 0.3 is 20.0 Å². The van der Waals surface area contributed by atoms with E-state index in [0.29, 0.717) is 16.2 Å². The number of hydrogen-bond donors (Lipinski definition) is 0. The normalized spacial score (nSPS) is 0.714. The van der Waals surface area contributed by atoms with Gasteiger partial charge < -0.3 is 11.8 Å². The van der Waals surface area contributed by atoms with Gasteiger partial charge in [0.2, 0.25) is 0 Å². The van der Waals surface area contributed by atoms with Gasteiger partial charge in [0.25, 0.3) is 0 Å². The largest absolute Gasteiger partial charge is 0 e. The van der Waals surface area contributed by atoms with Crippen LogP contribution in [0.15, 0.2) is 0 Å². The van der Waals surface area contributed by atoms with Crippen LogP contribution in [-0.2, 0) is 58.8 Å². The predicted octanol–water partition coefficient (Wildman–Crippen LogP) is -0.678. The van der Waals surface area contributed by atoms with Crippen molar-refractivity contribution < 1.29 is 58.8 Å². The number of rotatable bonds is 0. The molecule has 0 atom stereocenters. The van der Waals surface area contributed by atoms with Crippen LogP contribution in [0, 0.1) is 11.8 Å². The molecule has 0 rings (SSSR count). The summed E-state index contributed by atoms with van der Waals surface area (Å²) in [4.78, 5) is 0. The molecule has 2 nitrogen and oxygen atoms in total. The molecule has 0 heterocycles. The maximum atomic E-state index is 8.28. The van der Waals surface area contributed by atoms with Crippen LogP contribution >= 0.6 is 0 Å². The van der Waals surface area contributed by atoms with Crippen molar-refractivity contribution in [2.24, 2.45) is 0 Å². The van der Waals surface area contributed by atoms with Crippen molar-refractivity contribution in [2.45, 2.75) is 0 Å². The molecule has 0 aromatic rings. The van der Waals surface area contributed by atoms with Crippen molar-refractivity contribution in [3.8, 4) is 0 Å². The molecule has 0 fully saturated rings. The molecule has 0 aromatic carbocycles. The van der Waals surface area contributed by atoms with Crippen LogP contribution in [0.5, 0.6) is 0 Å². The van der Waals surface area contributed by atoms with Crippen molar-refractivity contribution >= 4 is 16.2 Å². The van der Waals surface area contributed by atoms with Gasteiger partial charge in [-0.15, -0.1) is 0 Å². The Kier molecular flexibility index (Phi) is 755. The summed E-state index contributed by atoms with van der Waals surface area (Å²) in [5.74, 6) is 0. The number of nitrogens with zero attached hydrogens (tertiary/aromatic N) is 1. The second kappa shape index (κ2) is 136. The molecule has 0 aliphatic rings. The summed E-state index contributed by atoms with van der Waals surface area (Å²) in [5.41, 5.74) is 0. The Morgan fingerprint density at radius 1 is 1.29 bits per heavy atom. The van der Waals surface area contributed by atoms with E-state index in [1.54, 1.807) is 0 Å². The van der Waals surface area contributed by atoms with Gasteiger partial charge in [0.15, 0.2) is 0 Å². The second-order valence-electron chi connectivity index (χ2n) is 0. The van der Waals surface area contributed by atoms with Crippen molar-refractivity contribution in [3.05, 3.63) is 6.57 Å². The first-order valence-electron chi connectivity index (χ1n) is 0.512. The molecule has 43 valence electrons. The third-order valence-corrected chi connectivity index (χ3v) is 0. The van der Waals surface area contributed by atoms with Crippen LogP contribution in [0.2, 0.25) is 0 Å². The molecule has 0 amide bonds. The molecule has 0 saturated heterocycles. The zero-order chi connectivity index (χ0) is 4.00. The van der Waals surface area contributed by atoms with Gasteiger partial charge in [0, 0.05) is 55.0 Å². The smallest absolute Gasteiger partial charge is 0 e. The van der Waals surface area contributed by atoms with Crippen molar-refractivity contribution in [2.75, 3.05) is 0 Å². The van der Waals surface area contributed by atoms with E-state index in [1.807, 2.05) is 0 Å². The maximum absolute atomic E-state index is 8.28. The molecule has 1 radical (unpaired) electrons. The van der Waals surface area contributed by atoms with E-state index >= 15 is 0 Å². The quantitative estimate of drug-likeness (QED) is 0.412. The fourth-order valence-corrected chi connectivity index (χ4v) is 0. The second-order valence-corrected chi connectivity index (χ2v) is 0. The van der Waals surface area contributed by atoms with Gasteiger partial charge in [0.1, 0.15) is 0 Å². The predicted molar refractivity (Wildman–Crippen MR) is 12.8 cm³/mol. The Morgan fingerprint density at radius 2 is 1.29 bits per heavy atom. The van der Waals surface area contributed by atoms with Gasteiger partial charge in [-0.1, -0.05) is 0 Å². The van der Waals surface area contributed by atoms with E-state index in [9.17, 15) is 0 Å². The fourth-order valence-electron chi connectivity index (χ4n) is 0. The SMILES string of the molecule is [C-]#N.[Co].[Ni].[O]=[AlH].[Ti]. The summed E-state index contributed by atoms with van der Waals surface area (Å²) < 4.78 is 8.28. The average molecular weight is 236 g/mol. The van der Waals surface area contributed by atoms with Crippen molar-refractivity contribution in [3.63, 3.8) is 0 Å². The molecule has 0 spiro atoms. The molecule has 0 saturated carbocycles. The topological polar surface area (TPSA) is 40.9 Å². The molecular formula is CHAlCoNNiOTi-. The van der Waals surface area contributed by atoms with Gasteiger partial charge in [-0.05, 0) is 0 Å². The molecule has 0 unspecified atom stereocenters. The Morgan fingerprint density at radius 3 is 1.29 bits per heavy atom. The van der Waals surface area contributed by atoms with Gasteiger partial charge in [-0.3, -0.25) is 0 Å².